The van der Waals surface area contributed by atoms with Crippen LogP contribution in [0.3, 0.4) is 0 Å². The van der Waals surface area contributed by atoms with E-state index in [4.69, 9.17) is 12.2 Å². The number of rotatable bonds is 4. The lowest BCUT2D eigenvalue weighted by atomic mass is 10.1. The van der Waals surface area contributed by atoms with Crippen LogP contribution in [0.5, 0.6) is 0 Å². The zero-order valence-corrected chi connectivity index (χ0v) is 12.7. The minimum atomic E-state index is -0.257. The molecule has 1 N–H and O–H groups in total. The number of aryl methyl sites for hydroxylation is 1. The summed E-state index contributed by atoms with van der Waals surface area (Å²) in [6.45, 7) is 2.12. The Morgan fingerprint density at radius 1 is 1.14 bits per heavy atom. The second-order valence-corrected chi connectivity index (χ2v) is 5.69. The Labute approximate surface area is 128 Å². The third kappa shape index (κ3) is 2.76. The first-order valence-corrected chi connectivity index (χ1v) is 7.50. The number of fused-ring (bicyclic) bond motifs is 1. The fourth-order valence-corrected chi connectivity index (χ4v) is 3.08. The van der Waals surface area contributed by atoms with Gasteiger partial charge in [0.25, 0.3) is 0 Å². The van der Waals surface area contributed by atoms with E-state index in [0.717, 1.165) is 18.4 Å². The monoisotopic (exact) mass is 300 g/mol. The van der Waals surface area contributed by atoms with Crippen molar-refractivity contribution < 1.29 is 4.39 Å². The SMILES string of the molecule is CC(CCc1ccccc1)n1c(=S)[nH]c2c(F)cccc21. The average molecular weight is 300 g/mol. The molecular weight excluding hydrogens is 283 g/mol. The fraction of sp³-hybridized carbons (Fsp3) is 0.235. The van der Waals surface area contributed by atoms with Crippen LogP contribution in [0.25, 0.3) is 11.0 Å². The molecule has 3 rings (SSSR count). The van der Waals surface area contributed by atoms with E-state index in [2.05, 4.69) is 24.0 Å². The van der Waals surface area contributed by atoms with Gasteiger partial charge in [-0.25, -0.2) is 4.39 Å². The number of aromatic nitrogens is 2. The lowest BCUT2D eigenvalue weighted by Crippen LogP contribution is -2.06. The highest BCUT2D eigenvalue weighted by molar-refractivity contribution is 7.71. The van der Waals surface area contributed by atoms with Gasteiger partial charge < -0.3 is 9.55 Å². The van der Waals surface area contributed by atoms with Gasteiger partial charge in [0.1, 0.15) is 11.3 Å². The zero-order valence-electron chi connectivity index (χ0n) is 11.8. The molecule has 0 fully saturated rings. The van der Waals surface area contributed by atoms with E-state index in [-0.39, 0.29) is 11.9 Å². The van der Waals surface area contributed by atoms with E-state index in [9.17, 15) is 4.39 Å². The standard InChI is InChI=1S/C17H17FN2S/c1-12(10-11-13-6-3-2-4-7-13)20-15-9-5-8-14(18)16(15)19-17(20)21/h2-9,12H,10-11H2,1H3,(H,19,21). The molecule has 3 aromatic rings. The number of nitrogens with zero attached hydrogens (tertiary/aromatic N) is 1. The van der Waals surface area contributed by atoms with Crippen molar-refractivity contribution in [2.24, 2.45) is 0 Å². The maximum absolute atomic E-state index is 13.8. The first kappa shape index (κ1) is 14.0. The van der Waals surface area contributed by atoms with Crippen LogP contribution in [0.1, 0.15) is 24.9 Å². The van der Waals surface area contributed by atoms with Crippen molar-refractivity contribution in [2.45, 2.75) is 25.8 Å². The topological polar surface area (TPSA) is 20.7 Å². The Hall–Kier alpha value is -1.94. The Balaban J connectivity index is 1.88. The predicted octanol–water partition coefficient (Wildman–Crippen LogP) is 5.03. The molecule has 2 aromatic carbocycles. The number of halogens is 1. The summed E-state index contributed by atoms with van der Waals surface area (Å²) in [5.74, 6) is -0.257. The van der Waals surface area contributed by atoms with Crippen molar-refractivity contribution >= 4 is 23.3 Å². The van der Waals surface area contributed by atoms with Gasteiger partial charge in [-0.1, -0.05) is 36.4 Å². The van der Waals surface area contributed by atoms with Gasteiger partial charge in [0, 0.05) is 6.04 Å². The smallest absolute Gasteiger partial charge is 0.178 e. The van der Waals surface area contributed by atoms with Crippen LogP contribution >= 0.6 is 12.2 Å². The lowest BCUT2D eigenvalue weighted by Gasteiger charge is -2.14. The van der Waals surface area contributed by atoms with Gasteiger partial charge >= 0.3 is 0 Å². The molecule has 0 amide bonds. The molecule has 0 saturated carbocycles. The van der Waals surface area contributed by atoms with E-state index >= 15 is 0 Å². The highest BCUT2D eigenvalue weighted by Gasteiger charge is 2.13. The molecule has 1 atom stereocenters. The molecule has 1 unspecified atom stereocenters. The fourth-order valence-electron chi connectivity index (χ4n) is 2.70. The first-order valence-electron chi connectivity index (χ1n) is 7.09. The second-order valence-electron chi connectivity index (χ2n) is 5.31. The van der Waals surface area contributed by atoms with E-state index in [1.807, 2.05) is 28.8 Å². The Kier molecular flexibility index (Phi) is 3.88. The number of H-pyrrole nitrogens is 1. The van der Waals surface area contributed by atoms with Crippen LogP contribution < -0.4 is 0 Å². The number of imidazole rings is 1. The summed E-state index contributed by atoms with van der Waals surface area (Å²) >= 11 is 5.36. The molecule has 2 nitrogen and oxygen atoms in total. The van der Waals surface area contributed by atoms with Gasteiger partial charge in [0.15, 0.2) is 4.77 Å². The van der Waals surface area contributed by atoms with Crippen LogP contribution in [0.4, 0.5) is 4.39 Å². The van der Waals surface area contributed by atoms with Crippen LogP contribution in [0, 0.1) is 10.6 Å². The van der Waals surface area contributed by atoms with Crippen molar-refractivity contribution in [3.63, 3.8) is 0 Å². The van der Waals surface area contributed by atoms with Gasteiger partial charge in [0.2, 0.25) is 0 Å². The summed E-state index contributed by atoms with van der Waals surface area (Å²) in [5, 5.41) is 0. The molecule has 0 aliphatic rings. The van der Waals surface area contributed by atoms with Crippen molar-refractivity contribution in [2.75, 3.05) is 0 Å². The molecule has 0 spiro atoms. The second kappa shape index (κ2) is 5.82. The third-order valence-corrected chi connectivity index (χ3v) is 4.14. The summed E-state index contributed by atoms with van der Waals surface area (Å²) in [5.41, 5.74) is 2.64. The molecule has 0 saturated heterocycles. The van der Waals surface area contributed by atoms with Crippen LogP contribution in [-0.2, 0) is 6.42 Å². The quantitative estimate of drug-likeness (QED) is 0.670. The molecule has 21 heavy (non-hydrogen) atoms. The molecule has 1 aromatic heterocycles. The van der Waals surface area contributed by atoms with Gasteiger partial charge in [-0.2, -0.15) is 0 Å². The highest BCUT2D eigenvalue weighted by Crippen LogP contribution is 2.24. The van der Waals surface area contributed by atoms with E-state index in [1.165, 1.54) is 11.6 Å². The zero-order chi connectivity index (χ0) is 14.8. The van der Waals surface area contributed by atoms with Crippen molar-refractivity contribution in [3.05, 3.63) is 64.7 Å². The van der Waals surface area contributed by atoms with E-state index in [0.29, 0.717) is 10.3 Å². The van der Waals surface area contributed by atoms with Gasteiger partial charge in [-0.3, -0.25) is 0 Å². The van der Waals surface area contributed by atoms with E-state index < -0.39 is 0 Å². The minimum absolute atomic E-state index is 0.216. The van der Waals surface area contributed by atoms with Crippen LogP contribution in [0.2, 0.25) is 0 Å². The van der Waals surface area contributed by atoms with Crippen molar-refractivity contribution in [3.8, 4) is 0 Å². The number of hydrogen-bond acceptors (Lipinski definition) is 1. The van der Waals surface area contributed by atoms with Crippen molar-refractivity contribution in [1.82, 2.24) is 9.55 Å². The molecule has 0 aliphatic heterocycles. The number of nitrogens with one attached hydrogen (secondary N) is 1. The van der Waals surface area contributed by atoms with Crippen LogP contribution in [-0.4, -0.2) is 9.55 Å². The Morgan fingerprint density at radius 3 is 2.67 bits per heavy atom. The predicted molar refractivity (Wildman–Crippen MR) is 86.6 cm³/mol. The number of para-hydroxylation sites is 1. The highest BCUT2D eigenvalue weighted by atomic mass is 32.1. The maximum Gasteiger partial charge on any atom is 0.178 e. The summed E-state index contributed by atoms with van der Waals surface area (Å²) in [6, 6.07) is 15.7. The maximum atomic E-state index is 13.8. The van der Waals surface area contributed by atoms with E-state index in [1.54, 1.807) is 6.07 Å². The summed E-state index contributed by atoms with van der Waals surface area (Å²) in [6.07, 6.45) is 1.94. The molecular formula is C17H17FN2S. The number of hydrogen-bond donors (Lipinski definition) is 1. The lowest BCUT2D eigenvalue weighted by molar-refractivity contribution is 0.514. The number of benzene rings is 2. The molecule has 0 aliphatic carbocycles. The average Bonchev–Trinajstić information content (AvgIpc) is 2.84. The Bertz CT molecular complexity index is 805. The molecule has 0 radical (unpaired) electrons. The molecule has 1 heterocycles. The normalized spacial score (nSPS) is 12.7. The minimum Gasteiger partial charge on any atom is -0.328 e. The van der Waals surface area contributed by atoms with Gasteiger partial charge in [-0.15, -0.1) is 0 Å². The Morgan fingerprint density at radius 2 is 1.90 bits per heavy atom. The van der Waals surface area contributed by atoms with Crippen molar-refractivity contribution in [1.29, 1.82) is 0 Å². The summed E-state index contributed by atoms with van der Waals surface area (Å²) < 4.78 is 16.4. The summed E-state index contributed by atoms with van der Waals surface area (Å²) in [7, 11) is 0. The van der Waals surface area contributed by atoms with Gasteiger partial charge in [0.05, 0.1) is 5.52 Å². The largest absolute Gasteiger partial charge is 0.328 e. The first-order chi connectivity index (χ1) is 10.2. The van der Waals surface area contributed by atoms with Gasteiger partial charge in [-0.05, 0) is 49.7 Å². The third-order valence-electron chi connectivity index (χ3n) is 3.84. The molecule has 4 heteroatoms. The van der Waals surface area contributed by atoms with Crippen LogP contribution in [0.15, 0.2) is 48.5 Å². The molecule has 0 bridgehead atoms. The molecule has 108 valence electrons. The number of aromatic amines is 1. The summed E-state index contributed by atoms with van der Waals surface area (Å²) in [4.78, 5) is 2.98.